The second kappa shape index (κ2) is 8.08. The summed E-state index contributed by atoms with van der Waals surface area (Å²) < 4.78 is 0. The van der Waals surface area contributed by atoms with Gasteiger partial charge in [-0.3, -0.25) is 9.59 Å². The molecule has 0 saturated heterocycles. The molecule has 0 saturated carbocycles. The summed E-state index contributed by atoms with van der Waals surface area (Å²) in [5, 5.41) is 5.97. The lowest BCUT2D eigenvalue weighted by Crippen LogP contribution is -2.24. The monoisotopic (exact) mass is 311 g/mol. The third kappa shape index (κ3) is 4.92. The third-order valence-electron chi connectivity index (χ3n) is 3.38. The van der Waals surface area contributed by atoms with Gasteiger partial charge < -0.3 is 10.6 Å². The van der Waals surface area contributed by atoms with E-state index in [0.29, 0.717) is 23.5 Å². The van der Waals surface area contributed by atoms with Crippen LogP contribution in [0.4, 0.5) is 11.5 Å². The number of pyridine rings is 1. The van der Waals surface area contributed by atoms with Gasteiger partial charge in [0.1, 0.15) is 5.82 Å². The molecular weight excluding hydrogens is 290 g/mol. The van der Waals surface area contributed by atoms with Crippen molar-refractivity contribution in [3.05, 3.63) is 53.7 Å². The van der Waals surface area contributed by atoms with E-state index < -0.39 is 0 Å². The Hall–Kier alpha value is -2.69. The highest BCUT2D eigenvalue weighted by atomic mass is 16.1. The predicted octanol–water partition coefficient (Wildman–Crippen LogP) is 3.56. The molecule has 1 aromatic carbocycles. The molecule has 0 bridgehead atoms. The van der Waals surface area contributed by atoms with Gasteiger partial charge in [-0.1, -0.05) is 25.5 Å². The molecule has 0 aliphatic carbocycles. The smallest absolute Gasteiger partial charge is 0.252 e. The van der Waals surface area contributed by atoms with E-state index in [0.717, 1.165) is 18.5 Å². The fraction of sp³-hybridized carbons (Fsp3) is 0.278. The molecule has 2 rings (SSSR count). The maximum Gasteiger partial charge on any atom is 0.252 e. The summed E-state index contributed by atoms with van der Waals surface area (Å²) in [4.78, 5) is 27.5. The van der Waals surface area contributed by atoms with Crippen molar-refractivity contribution in [2.45, 2.75) is 26.7 Å². The average molecular weight is 311 g/mol. The number of aromatic nitrogens is 1. The number of anilines is 2. The van der Waals surface area contributed by atoms with E-state index in [9.17, 15) is 9.59 Å². The maximum absolute atomic E-state index is 11.9. The summed E-state index contributed by atoms with van der Waals surface area (Å²) in [5.41, 5.74) is 1.96. The Morgan fingerprint density at radius 2 is 1.96 bits per heavy atom. The molecule has 5 nitrogen and oxygen atoms in total. The predicted molar refractivity (Wildman–Crippen MR) is 91.2 cm³/mol. The molecule has 0 radical (unpaired) electrons. The van der Waals surface area contributed by atoms with Gasteiger partial charge in [0.25, 0.3) is 5.91 Å². The molecule has 0 unspecified atom stereocenters. The SMILES string of the molecule is CCCCNC(=O)c1ccc(Nc2cccc(C(C)=O)c2)nc1. The van der Waals surface area contributed by atoms with E-state index in [1.807, 2.05) is 12.1 Å². The molecule has 0 aliphatic heterocycles. The van der Waals surface area contributed by atoms with Crippen molar-refractivity contribution in [3.8, 4) is 0 Å². The van der Waals surface area contributed by atoms with Crippen LogP contribution >= 0.6 is 0 Å². The van der Waals surface area contributed by atoms with Crippen molar-refractivity contribution in [1.82, 2.24) is 10.3 Å². The highest BCUT2D eigenvalue weighted by molar-refractivity contribution is 5.95. The molecule has 1 heterocycles. The average Bonchev–Trinajstić information content (AvgIpc) is 2.56. The molecule has 5 heteroatoms. The van der Waals surface area contributed by atoms with Gasteiger partial charge in [0.2, 0.25) is 0 Å². The van der Waals surface area contributed by atoms with E-state index in [2.05, 4.69) is 22.5 Å². The van der Waals surface area contributed by atoms with Crippen LogP contribution < -0.4 is 10.6 Å². The molecule has 0 atom stereocenters. The Balaban J connectivity index is 2.01. The van der Waals surface area contributed by atoms with Crippen LogP contribution in [-0.4, -0.2) is 23.2 Å². The molecule has 1 aromatic heterocycles. The van der Waals surface area contributed by atoms with Crippen LogP contribution in [0.25, 0.3) is 0 Å². The Bertz CT molecular complexity index is 681. The Labute approximate surface area is 136 Å². The lowest BCUT2D eigenvalue weighted by Gasteiger charge is -2.08. The van der Waals surface area contributed by atoms with Gasteiger partial charge in [0, 0.05) is 24.0 Å². The van der Waals surface area contributed by atoms with Crippen LogP contribution in [0.1, 0.15) is 47.4 Å². The first kappa shape index (κ1) is 16.7. The first-order chi connectivity index (χ1) is 11.1. The molecule has 120 valence electrons. The van der Waals surface area contributed by atoms with Crippen molar-refractivity contribution in [1.29, 1.82) is 0 Å². The fourth-order valence-electron chi connectivity index (χ4n) is 2.05. The van der Waals surface area contributed by atoms with E-state index >= 15 is 0 Å². The van der Waals surface area contributed by atoms with E-state index in [-0.39, 0.29) is 11.7 Å². The zero-order valence-corrected chi connectivity index (χ0v) is 13.4. The van der Waals surface area contributed by atoms with Gasteiger partial charge in [-0.2, -0.15) is 0 Å². The first-order valence-electron chi connectivity index (χ1n) is 7.72. The summed E-state index contributed by atoms with van der Waals surface area (Å²) in [6.07, 6.45) is 3.55. The number of rotatable bonds is 7. The number of carbonyl (C=O) groups is 2. The van der Waals surface area contributed by atoms with Gasteiger partial charge in [-0.15, -0.1) is 0 Å². The Morgan fingerprint density at radius 1 is 1.13 bits per heavy atom. The lowest BCUT2D eigenvalue weighted by atomic mass is 10.1. The summed E-state index contributed by atoms with van der Waals surface area (Å²) in [5.74, 6) is 0.521. The van der Waals surface area contributed by atoms with Crippen LogP contribution in [0.5, 0.6) is 0 Å². The van der Waals surface area contributed by atoms with Gasteiger partial charge in [0.05, 0.1) is 5.56 Å². The molecule has 0 fully saturated rings. The zero-order chi connectivity index (χ0) is 16.7. The van der Waals surface area contributed by atoms with Gasteiger partial charge in [-0.05, 0) is 37.6 Å². The quantitative estimate of drug-likeness (QED) is 0.606. The highest BCUT2D eigenvalue weighted by Crippen LogP contribution is 2.16. The molecule has 2 aromatic rings. The third-order valence-corrected chi connectivity index (χ3v) is 3.38. The fourth-order valence-corrected chi connectivity index (χ4v) is 2.05. The molecule has 0 aliphatic rings. The van der Waals surface area contributed by atoms with Crippen LogP contribution in [0, 0.1) is 0 Å². The van der Waals surface area contributed by atoms with Crippen molar-refractivity contribution < 1.29 is 9.59 Å². The minimum atomic E-state index is -0.115. The minimum absolute atomic E-state index is 0.0145. The number of amides is 1. The molecule has 2 N–H and O–H groups in total. The van der Waals surface area contributed by atoms with Gasteiger partial charge in [-0.25, -0.2) is 4.98 Å². The van der Waals surface area contributed by atoms with E-state index in [1.165, 1.54) is 6.92 Å². The topological polar surface area (TPSA) is 71.1 Å². The second-order valence-corrected chi connectivity index (χ2v) is 5.30. The van der Waals surface area contributed by atoms with Crippen LogP contribution in [0.2, 0.25) is 0 Å². The normalized spacial score (nSPS) is 10.2. The minimum Gasteiger partial charge on any atom is -0.352 e. The Morgan fingerprint density at radius 3 is 2.61 bits per heavy atom. The summed E-state index contributed by atoms with van der Waals surface area (Å²) in [6.45, 7) is 4.28. The number of nitrogens with one attached hydrogen (secondary N) is 2. The number of Topliss-reactive ketones (excluding diaryl/α,β-unsaturated/α-hetero) is 1. The number of carbonyl (C=O) groups excluding carboxylic acids is 2. The Kier molecular flexibility index (Phi) is 5.86. The maximum atomic E-state index is 11.9. The number of unbranched alkanes of at least 4 members (excludes halogenated alkanes) is 1. The van der Waals surface area contributed by atoms with E-state index in [4.69, 9.17) is 0 Å². The van der Waals surface area contributed by atoms with Gasteiger partial charge in [0.15, 0.2) is 5.78 Å². The van der Waals surface area contributed by atoms with Crippen LogP contribution in [-0.2, 0) is 0 Å². The largest absolute Gasteiger partial charge is 0.352 e. The second-order valence-electron chi connectivity index (χ2n) is 5.30. The number of hydrogen-bond donors (Lipinski definition) is 2. The van der Waals surface area contributed by atoms with Crippen molar-refractivity contribution in [2.75, 3.05) is 11.9 Å². The summed E-state index contributed by atoms with van der Waals surface area (Å²) in [7, 11) is 0. The van der Waals surface area contributed by atoms with Crippen LogP contribution in [0.15, 0.2) is 42.6 Å². The van der Waals surface area contributed by atoms with Crippen LogP contribution in [0.3, 0.4) is 0 Å². The van der Waals surface area contributed by atoms with Gasteiger partial charge >= 0.3 is 0 Å². The standard InChI is InChI=1S/C18H21N3O2/c1-3-4-10-19-18(23)15-8-9-17(20-12-15)21-16-7-5-6-14(11-16)13(2)22/h5-9,11-12H,3-4,10H2,1-2H3,(H,19,23)(H,20,21). The zero-order valence-electron chi connectivity index (χ0n) is 13.4. The highest BCUT2D eigenvalue weighted by Gasteiger charge is 2.06. The van der Waals surface area contributed by atoms with Crippen molar-refractivity contribution in [3.63, 3.8) is 0 Å². The van der Waals surface area contributed by atoms with Crippen molar-refractivity contribution in [2.24, 2.45) is 0 Å². The summed E-state index contributed by atoms with van der Waals surface area (Å²) in [6, 6.07) is 10.7. The summed E-state index contributed by atoms with van der Waals surface area (Å²) >= 11 is 0. The van der Waals surface area contributed by atoms with Crippen molar-refractivity contribution >= 4 is 23.2 Å². The number of benzene rings is 1. The number of hydrogen-bond acceptors (Lipinski definition) is 4. The molecule has 23 heavy (non-hydrogen) atoms. The van der Waals surface area contributed by atoms with E-state index in [1.54, 1.807) is 30.5 Å². The molecule has 1 amide bonds. The first-order valence-corrected chi connectivity index (χ1v) is 7.72. The molecule has 0 spiro atoms. The number of ketones is 1. The number of nitrogens with zero attached hydrogens (tertiary/aromatic N) is 1. The molecular formula is C18H21N3O2. The lowest BCUT2D eigenvalue weighted by molar-refractivity contribution is 0.0951.